The Balaban J connectivity index is 2.43. The molecule has 0 atom stereocenters. The second-order valence-electron chi connectivity index (χ2n) is 3.71. The Kier molecular flexibility index (Phi) is 2.26. The summed E-state index contributed by atoms with van der Waals surface area (Å²) in [6.45, 7) is 11.0. The summed E-state index contributed by atoms with van der Waals surface area (Å²) in [7, 11) is 1.93. The number of aryl methyl sites for hydroxylation is 1. The van der Waals surface area contributed by atoms with E-state index in [4.69, 9.17) is 0 Å². The summed E-state index contributed by atoms with van der Waals surface area (Å²) >= 11 is 0. The first-order chi connectivity index (χ1) is 7.15. The minimum absolute atomic E-state index is 0.838. The van der Waals surface area contributed by atoms with Gasteiger partial charge in [0.15, 0.2) is 0 Å². The molecule has 0 bridgehead atoms. The first kappa shape index (κ1) is 9.83. The van der Waals surface area contributed by atoms with Gasteiger partial charge in [0.05, 0.1) is 12.0 Å². The molecule has 80 valence electrons. The van der Waals surface area contributed by atoms with E-state index in [9.17, 15) is 0 Å². The summed E-state index contributed by atoms with van der Waals surface area (Å²) in [6.07, 6.45) is 2.93. The van der Waals surface area contributed by atoms with E-state index in [2.05, 4.69) is 34.9 Å². The van der Waals surface area contributed by atoms with E-state index in [1.807, 2.05) is 18.3 Å². The van der Waals surface area contributed by atoms with Crippen molar-refractivity contribution in [1.82, 2.24) is 14.5 Å². The molecule has 0 aliphatic carbocycles. The fourth-order valence-electron chi connectivity index (χ4n) is 1.68. The summed E-state index contributed by atoms with van der Waals surface area (Å²) in [5, 5.41) is 3.24. The monoisotopic (exact) mass is 204 g/mol. The van der Waals surface area contributed by atoms with Crippen LogP contribution in [0.5, 0.6) is 0 Å². The van der Waals surface area contributed by atoms with Gasteiger partial charge in [-0.15, -0.1) is 0 Å². The molecule has 1 aliphatic rings. The molecule has 1 aromatic heterocycles. The van der Waals surface area contributed by atoms with Gasteiger partial charge in [0.1, 0.15) is 17.3 Å². The van der Waals surface area contributed by atoms with E-state index in [0.29, 0.717) is 0 Å². The SMILES string of the molecule is C=C1Nc2c(ncn2CCC)C(=C)N1C. The van der Waals surface area contributed by atoms with Crippen LogP contribution in [0.25, 0.3) is 5.70 Å². The minimum atomic E-state index is 0.838. The van der Waals surface area contributed by atoms with Crippen molar-refractivity contribution in [2.24, 2.45) is 0 Å². The number of nitrogens with one attached hydrogen (secondary N) is 1. The van der Waals surface area contributed by atoms with Crippen molar-refractivity contribution in [3.8, 4) is 0 Å². The lowest BCUT2D eigenvalue weighted by Gasteiger charge is -2.29. The van der Waals surface area contributed by atoms with Crippen LogP contribution in [-0.4, -0.2) is 21.5 Å². The van der Waals surface area contributed by atoms with Crippen molar-refractivity contribution in [3.05, 3.63) is 31.0 Å². The Morgan fingerprint density at radius 2 is 2.20 bits per heavy atom. The molecule has 0 amide bonds. The fourth-order valence-corrected chi connectivity index (χ4v) is 1.68. The van der Waals surface area contributed by atoms with Crippen LogP contribution in [-0.2, 0) is 6.54 Å². The van der Waals surface area contributed by atoms with Crippen LogP contribution in [0.1, 0.15) is 19.0 Å². The highest BCUT2D eigenvalue weighted by Gasteiger charge is 2.23. The molecule has 1 aromatic rings. The zero-order chi connectivity index (χ0) is 11.0. The van der Waals surface area contributed by atoms with Gasteiger partial charge in [-0.05, 0) is 6.42 Å². The molecule has 0 saturated heterocycles. The first-order valence-corrected chi connectivity index (χ1v) is 5.09. The third-order valence-corrected chi connectivity index (χ3v) is 2.65. The normalized spacial score (nSPS) is 15.2. The summed E-state index contributed by atoms with van der Waals surface area (Å²) in [6, 6.07) is 0. The highest BCUT2D eigenvalue weighted by Crippen LogP contribution is 2.31. The number of aromatic nitrogens is 2. The Labute approximate surface area is 89.9 Å². The molecule has 15 heavy (non-hydrogen) atoms. The minimum Gasteiger partial charge on any atom is -0.330 e. The highest BCUT2D eigenvalue weighted by atomic mass is 15.3. The molecule has 0 saturated carbocycles. The third kappa shape index (κ3) is 1.42. The summed E-state index contributed by atoms with van der Waals surface area (Å²) in [4.78, 5) is 6.27. The zero-order valence-electron chi connectivity index (χ0n) is 9.25. The third-order valence-electron chi connectivity index (χ3n) is 2.65. The predicted octanol–water partition coefficient (Wildman–Crippen LogP) is 2.09. The molecule has 2 heterocycles. The average Bonchev–Trinajstić information content (AvgIpc) is 2.59. The smallest absolute Gasteiger partial charge is 0.141 e. The van der Waals surface area contributed by atoms with Gasteiger partial charge in [-0.25, -0.2) is 4.98 Å². The number of nitrogens with zero attached hydrogens (tertiary/aromatic N) is 3. The standard InChI is InChI=1S/C11H16N4/c1-5-6-15-7-12-10-8(2)14(4)9(3)13-11(10)15/h7,13H,2-3,5-6H2,1,4H3. The van der Waals surface area contributed by atoms with E-state index < -0.39 is 0 Å². The van der Waals surface area contributed by atoms with E-state index in [1.54, 1.807) is 0 Å². The van der Waals surface area contributed by atoms with Gasteiger partial charge in [-0.1, -0.05) is 20.1 Å². The quantitative estimate of drug-likeness (QED) is 0.800. The largest absolute Gasteiger partial charge is 0.330 e. The van der Waals surface area contributed by atoms with Gasteiger partial charge < -0.3 is 14.8 Å². The molecular formula is C11H16N4. The molecule has 1 N–H and O–H groups in total. The molecule has 0 aromatic carbocycles. The second-order valence-corrected chi connectivity index (χ2v) is 3.71. The van der Waals surface area contributed by atoms with Crippen LogP contribution in [0.15, 0.2) is 25.3 Å². The van der Waals surface area contributed by atoms with Gasteiger partial charge in [0.25, 0.3) is 0 Å². The van der Waals surface area contributed by atoms with Gasteiger partial charge in [-0.2, -0.15) is 0 Å². The number of hydrogen-bond acceptors (Lipinski definition) is 3. The van der Waals surface area contributed by atoms with Crippen molar-refractivity contribution in [2.75, 3.05) is 12.4 Å². The summed E-state index contributed by atoms with van der Waals surface area (Å²) in [5.74, 6) is 1.84. The van der Waals surface area contributed by atoms with Crippen LogP contribution in [0.4, 0.5) is 5.82 Å². The highest BCUT2D eigenvalue weighted by molar-refractivity contribution is 5.74. The molecule has 1 aliphatic heterocycles. The maximum absolute atomic E-state index is 4.36. The van der Waals surface area contributed by atoms with Gasteiger partial charge in [0.2, 0.25) is 0 Å². The van der Waals surface area contributed by atoms with Crippen LogP contribution >= 0.6 is 0 Å². The molecular weight excluding hydrogens is 188 g/mol. The molecule has 0 radical (unpaired) electrons. The lowest BCUT2D eigenvalue weighted by Crippen LogP contribution is -2.26. The zero-order valence-corrected chi connectivity index (χ0v) is 9.25. The van der Waals surface area contributed by atoms with Crippen molar-refractivity contribution in [2.45, 2.75) is 19.9 Å². The van der Waals surface area contributed by atoms with E-state index in [-0.39, 0.29) is 0 Å². The van der Waals surface area contributed by atoms with Gasteiger partial charge >= 0.3 is 0 Å². The molecule has 2 rings (SSSR count). The maximum Gasteiger partial charge on any atom is 0.141 e. The number of anilines is 1. The Hall–Kier alpha value is -1.71. The van der Waals surface area contributed by atoms with Crippen molar-refractivity contribution < 1.29 is 0 Å². The summed E-state index contributed by atoms with van der Waals surface area (Å²) < 4.78 is 2.10. The molecule has 0 fully saturated rings. The summed E-state index contributed by atoms with van der Waals surface area (Å²) in [5.41, 5.74) is 1.81. The van der Waals surface area contributed by atoms with E-state index >= 15 is 0 Å². The lowest BCUT2D eigenvalue weighted by molar-refractivity contribution is 0.588. The topological polar surface area (TPSA) is 33.1 Å². The van der Waals surface area contributed by atoms with Crippen molar-refractivity contribution >= 4 is 11.5 Å². The Morgan fingerprint density at radius 1 is 1.47 bits per heavy atom. The van der Waals surface area contributed by atoms with Crippen molar-refractivity contribution in [1.29, 1.82) is 0 Å². The molecule has 0 unspecified atom stereocenters. The van der Waals surface area contributed by atoms with E-state index in [0.717, 1.165) is 36.0 Å². The van der Waals surface area contributed by atoms with Gasteiger partial charge in [-0.3, -0.25) is 0 Å². The Bertz CT molecular complexity index is 416. The molecule has 4 nitrogen and oxygen atoms in total. The van der Waals surface area contributed by atoms with Crippen LogP contribution in [0, 0.1) is 0 Å². The fraction of sp³-hybridized carbons (Fsp3) is 0.364. The molecule has 0 spiro atoms. The number of hydrogen-bond donors (Lipinski definition) is 1. The van der Waals surface area contributed by atoms with E-state index in [1.165, 1.54) is 0 Å². The van der Waals surface area contributed by atoms with Crippen LogP contribution in [0.3, 0.4) is 0 Å². The van der Waals surface area contributed by atoms with Crippen molar-refractivity contribution in [3.63, 3.8) is 0 Å². The first-order valence-electron chi connectivity index (χ1n) is 5.09. The number of imidazole rings is 1. The second kappa shape index (κ2) is 3.46. The van der Waals surface area contributed by atoms with Crippen LogP contribution in [0.2, 0.25) is 0 Å². The Morgan fingerprint density at radius 3 is 2.87 bits per heavy atom. The van der Waals surface area contributed by atoms with Gasteiger partial charge in [0, 0.05) is 13.6 Å². The molecule has 4 heteroatoms. The number of rotatable bonds is 2. The number of fused-ring (bicyclic) bond motifs is 1. The average molecular weight is 204 g/mol. The maximum atomic E-state index is 4.36. The predicted molar refractivity (Wildman–Crippen MR) is 62.1 cm³/mol. The lowest BCUT2D eigenvalue weighted by atomic mass is 10.2. The van der Waals surface area contributed by atoms with Crippen LogP contribution < -0.4 is 5.32 Å².